The van der Waals surface area contributed by atoms with E-state index in [9.17, 15) is 8.42 Å². The summed E-state index contributed by atoms with van der Waals surface area (Å²) in [6.07, 6.45) is 8.27. The number of rotatable bonds is 7. The van der Waals surface area contributed by atoms with Gasteiger partial charge in [0.25, 0.3) is 0 Å². The second-order valence-electron chi connectivity index (χ2n) is 8.35. The van der Waals surface area contributed by atoms with E-state index in [4.69, 9.17) is 0 Å². The maximum Gasteiger partial charge on any atom is 0.240 e. The van der Waals surface area contributed by atoms with Crippen LogP contribution < -0.4 is 4.72 Å². The van der Waals surface area contributed by atoms with Gasteiger partial charge in [0.2, 0.25) is 10.0 Å². The fourth-order valence-corrected chi connectivity index (χ4v) is 5.38. The average molecular weight is 423 g/mol. The van der Waals surface area contributed by atoms with Crippen LogP contribution in [0.15, 0.2) is 71.8 Å². The number of aromatic nitrogens is 1. The molecule has 158 valence electrons. The van der Waals surface area contributed by atoms with Crippen LogP contribution in [-0.4, -0.2) is 13.0 Å². The zero-order valence-corrected chi connectivity index (χ0v) is 18.4. The van der Waals surface area contributed by atoms with Gasteiger partial charge >= 0.3 is 0 Å². The van der Waals surface area contributed by atoms with Crippen molar-refractivity contribution >= 4 is 10.0 Å². The fraction of sp³-hybridized carbons (Fsp3) is 0.360. The van der Waals surface area contributed by atoms with Crippen molar-refractivity contribution in [2.24, 2.45) is 0 Å². The van der Waals surface area contributed by atoms with E-state index >= 15 is 0 Å². The third-order valence-electron chi connectivity index (χ3n) is 6.07. The van der Waals surface area contributed by atoms with Crippen molar-refractivity contribution in [2.75, 3.05) is 0 Å². The van der Waals surface area contributed by atoms with Crippen LogP contribution in [0.1, 0.15) is 60.4 Å². The second kappa shape index (κ2) is 9.19. The third-order valence-corrected chi connectivity index (χ3v) is 7.49. The maximum atomic E-state index is 12.8. The van der Waals surface area contributed by atoms with Gasteiger partial charge in [-0.15, -0.1) is 0 Å². The van der Waals surface area contributed by atoms with Crippen LogP contribution in [-0.2, 0) is 23.1 Å². The number of hydrogen-bond donors (Lipinski definition) is 1. The summed E-state index contributed by atoms with van der Waals surface area (Å²) in [5, 5.41) is 0. The number of hydrogen-bond acceptors (Lipinski definition) is 2. The molecule has 1 saturated carbocycles. The average Bonchev–Trinajstić information content (AvgIpc) is 3.20. The summed E-state index contributed by atoms with van der Waals surface area (Å²) in [5.41, 5.74) is 4.63. The molecule has 3 aromatic rings. The van der Waals surface area contributed by atoms with Gasteiger partial charge in [-0.3, -0.25) is 0 Å². The van der Waals surface area contributed by atoms with Crippen LogP contribution in [0.2, 0.25) is 0 Å². The zero-order valence-electron chi connectivity index (χ0n) is 17.5. The minimum Gasteiger partial charge on any atom is -0.346 e. The van der Waals surface area contributed by atoms with E-state index in [0.717, 1.165) is 12.2 Å². The topological polar surface area (TPSA) is 51.1 Å². The number of benzene rings is 2. The molecule has 0 aliphatic heterocycles. The van der Waals surface area contributed by atoms with Crippen molar-refractivity contribution in [2.45, 2.75) is 62.9 Å². The predicted octanol–water partition coefficient (Wildman–Crippen LogP) is 5.37. The first-order valence-electron chi connectivity index (χ1n) is 10.8. The molecule has 1 fully saturated rings. The molecule has 1 aromatic heterocycles. The van der Waals surface area contributed by atoms with Gasteiger partial charge < -0.3 is 4.57 Å². The zero-order chi connectivity index (χ0) is 21.0. The lowest BCUT2D eigenvalue weighted by Crippen LogP contribution is -2.24. The number of sulfonamides is 1. The van der Waals surface area contributed by atoms with Crippen LogP contribution in [0.4, 0.5) is 0 Å². The summed E-state index contributed by atoms with van der Waals surface area (Å²) in [5.74, 6) is 0.577. The Hall–Kier alpha value is -2.37. The van der Waals surface area contributed by atoms with Crippen molar-refractivity contribution in [1.29, 1.82) is 0 Å². The van der Waals surface area contributed by atoms with Gasteiger partial charge in [0, 0.05) is 18.4 Å². The molecular weight excluding hydrogens is 392 g/mol. The molecule has 0 unspecified atom stereocenters. The van der Waals surface area contributed by atoms with Crippen molar-refractivity contribution < 1.29 is 8.42 Å². The molecule has 0 spiro atoms. The molecule has 0 bridgehead atoms. The van der Waals surface area contributed by atoms with E-state index in [1.807, 2.05) is 36.5 Å². The summed E-state index contributed by atoms with van der Waals surface area (Å²) < 4.78 is 30.5. The van der Waals surface area contributed by atoms with E-state index < -0.39 is 10.0 Å². The largest absolute Gasteiger partial charge is 0.346 e. The van der Waals surface area contributed by atoms with Gasteiger partial charge in [-0.1, -0.05) is 61.2 Å². The molecule has 1 N–H and O–H groups in total. The molecule has 2 aromatic carbocycles. The molecule has 30 heavy (non-hydrogen) atoms. The van der Waals surface area contributed by atoms with Gasteiger partial charge in [0.15, 0.2) is 0 Å². The normalized spacial score (nSPS) is 15.4. The lowest BCUT2D eigenvalue weighted by Gasteiger charge is -2.22. The minimum absolute atomic E-state index is 0.269. The highest BCUT2D eigenvalue weighted by atomic mass is 32.2. The molecule has 4 rings (SSSR count). The van der Waals surface area contributed by atoms with E-state index in [0.29, 0.717) is 10.8 Å². The SMILES string of the molecule is Cc1cccc(Cn2cccc2CNS(=O)(=O)c2ccc(C3CCCCC3)cc2)c1. The van der Waals surface area contributed by atoms with Crippen LogP contribution in [0.25, 0.3) is 0 Å². The Bertz CT molecular complexity index is 1080. The van der Waals surface area contributed by atoms with Crippen LogP contribution in [0.3, 0.4) is 0 Å². The van der Waals surface area contributed by atoms with Gasteiger partial charge in [-0.25, -0.2) is 13.1 Å². The second-order valence-corrected chi connectivity index (χ2v) is 10.1. The summed E-state index contributed by atoms with van der Waals surface area (Å²) >= 11 is 0. The Kier molecular flexibility index (Phi) is 6.40. The summed E-state index contributed by atoms with van der Waals surface area (Å²) in [6, 6.07) is 19.8. The molecule has 0 atom stereocenters. The first kappa shape index (κ1) is 20.9. The lowest BCUT2D eigenvalue weighted by atomic mass is 9.84. The summed E-state index contributed by atoms with van der Waals surface area (Å²) in [6.45, 7) is 3.07. The number of aryl methyl sites for hydroxylation is 1. The minimum atomic E-state index is -3.54. The van der Waals surface area contributed by atoms with E-state index in [1.165, 1.54) is 48.8 Å². The quantitative estimate of drug-likeness (QED) is 0.556. The van der Waals surface area contributed by atoms with E-state index in [1.54, 1.807) is 12.1 Å². The molecule has 1 aliphatic rings. The summed E-state index contributed by atoms with van der Waals surface area (Å²) in [7, 11) is -3.54. The Morgan fingerprint density at radius 3 is 2.47 bits per heavy atom. The van der Waals surface area contributed by atoms with Crippen molar-refractivity contribution in [3.8, 4) is 0 Å². The maximum absolute atomic E-state index is 12.8. The molecule has 4 nitrogen and oxygen atoms in total. The lowest BCUT2D eigenvalue weighted by molar-refractivity contribution is 0.443. The van der Waals surface area contributed by atoms with Gasteiger partial charge in [-0.2, -0.15) is 0 Å². The Morgan fingerprint density at radius 2 is 1.73 bits per heavy atom. The molecular formula is C25H30N2O2S. The highest BCUT2D eigenvalue weighted by molar-refractivity contribution is 7.89. The van der Waals surface area contributed by atoms with Crippen molar-refractivity contribution in [1.82, 2.24) is 9.29 Å². The molecule has 0 amide bonds. The van der Waals surface area contributed by atoms with E-state index in [2.05, 4.69) is 34.4 Å². The molecule has 0 radical (unpaired) electrons. The standard InChI is InChI=1S/C25H30N2O2S/c1-20-7-5-8-21(17-20)19-27-16-6-11-24(27)18-26-30(28,29)25-14-12-23(13-15-25)22-9-3-2-4-10-22/h5-8,11-17,22,26H,2-4,9-10,18-19H2,1H3. The Balaban J connectivity index is 1.41. The van der Waals surface area contributed by atoms with Crippen LogP contribution in [0.5, 0.6) is 0 Å². The Labute approximate surface area is 180 Å². The third kappa shape index (κ3) is 5.02. The summed E-state index contributed by atoms with van der Waals surface area (Å²) in [4.78, 5) is 0.332. The Morgan fingerprint density at radius 1 is 0.967 bits per heavy atom. The first-order valence-corrected chi connectivity index (χ1v) is 12.3. The smallest absolute Gasteiger partial charge is 0.240 e. The highest BCUT2D eigenvalue weighted by Crippen LogP contribution is 2.32. The molecule has 0 saturated heterocycles. The first-order chi connectivity index (χ1) is 14.5. The van der Waals surface area contributed by atoms with Crippen LogP contribution >= 0.6 is 0 Å². The van der Waals surface area contributed by atoms with Gasteiger partial charge in [0.05, 0.1) is 11.4 Å². The van der Waals surface area contributed by atoms with Gasteiger partial charge in [-0.05, 0) is 61.1 Å². The van der Waals surface area contributed by atoms with Crippen molar-refractivity contribution in [3.05, 3.63) is 89.2 Å². The van der Waals surface area contributed by atoms with Crippen LogP contribution in [0, 0.1) is 6.92 Å². The highest BCUT2D eigenvalue weighted by Gasteiger charge is 2.18. The molecule has 5 heteroatoms. The number of nitrogens with one attached hydrogen (secondary N) is 1. The fourth-order valence-electron chi connectivity index (χ4n) is 4.38. The predicted molar refractivity (Wildman–Crippen MR) is 121 cm³/mol. The van der Waals surface area contributed by atoms with Gasteiger partial charge in [0.1, 0.15) is 0 Å². The molecule has 1 aliphatic carbocycles. The monoisotopic (exact) mass is 422 g/mol. The number of nitrogens with zero attached hydrogens (tertiary/aromatic N) is 1. The molecule has 1 heterocycles. The van der Waals surface area contributed by atoms with Crippen molar-refractivity contribution in [3.63, 3.8) is 0 Å². The van der Waals surface area contributed by atoms with E-state index in [-0.39, 0.29) is 6.54 Å².